The van der Waals surface area contributed by atoms with E-state index in [2.05, 4.69) is 10.4 Å². The van der Waals surface area contributed by atoms with E-state index in [1.807, 2.05) is 30.3 Å². The molecule has 7 heteroatoms. The van der Waals surface area contributed by atoms with Crippen molar-refractivity contribution in [3.63, 3.8) is 0 Å². The number of amides is 1. The monoisotopic (exact) mass is 367 g/mol. The molecule has 1 heterocycles. The number of anilines is 1. The van der Waals surface area contributed by atoms with Crippen LogP contribution in [0.25, 0.3) is 5.69 Å². The summed E-state index contributed by atoms with van der Waals surface area (Å²) in [6.45, 7) is 2.89. The molecule has 0 unspecified atom stereocenters. The van der Waals surface area contributed by atoms with Crippen molar-refractivity contribution in [1.29, 1.82) is 0 Å². The molecule has 0 saturated heterocycles. The smallest absolute Gasteiger partial charge is 0.342 e. The van der Waals surface area contributed by atoms with E-state index in [-0.39, 0.29) is 5.56 Å². The molecule has 0 aliphatic heterocycles. The minimum absolute atomic E-state index is 0.271. The maximum atomic E-state index is 13.5. The van der Waals surface area contributed by atoms with Crippen LogP contribution in [-0.4, -0.2) is 28.3 Å². The lowest BCUT2D eigenvalue weighted by Crippen LogP contribution is -2.21. The highest BCUT2D eigenvalue weighted by atomic mass is 19.1. The Balaban J connectivity index is 1.61. The number of esters is 1. The Bertz CT molecular complexity index is 983. The lowest BCUT2D eigenvalue weighted by molar-refractivity contribution is -0.119. The Kier molecular flexibility index (Phi) is 5.30. The van der Waals surface area contributed by atoms with Crippen molar-refractivity contribution in [2.24, 2.45) is 0 Å². The second-order valence-corrected chi connectivity index (χ2v) is 5.98. The van der Waals surface area contributed by atoms with E-state index in [9.17, 15) is 14.0 Å². The highest BCUT2D eigenvalue weighted by Gasteiger charge is 2.17. The Morgan fingerprint density at radius 1 is 1.15 bits per heavy atom. The molecular weight excluding hydrogens is 349 g/mol. The number of benzene rings is 2. The Morgan fingerprint density at radius 3 is 2.59 bits per heavy atom. The fraction of sp³-hybridized carbons (Fsp3) is 0.150. The molecule has 1 aromatic heterocycles. The van der Waals surface area contributed by atoms with Gasteiger partial charge in [-0.3, -0.25) is 4.79 Å². The van der Waals surface area contributed by atoms with Gasteiger partial charge in [-0.15, -0.1) is 0 Å². The largest absolute Gasteiger partial charge is 0.452 e. The van der Waals surface area contributed by atoms with Crippen LogP contribution in [0.3, 0.4) is 0 Å². The molecule has 27 heavy (non-hydrogen) atoms. The third-order valence-electron chi connectivity index (χ3n) is 4.02. The number of nitrogens with zero attached hydrogens (tertiary/aromatic N) is 2. The summed E-state index contributed by atoms with van der Waals surface area (Å²) < 4.78 is 20.2. The van der Waals surface area contributed by atoms with Crippen molar-refractivity contribution < 1.29 is 18.7 Å². The predicted molar refractivity (Wildman–Crippen MR) is 98.4 cm³/mol. The first-order chi connectivity index (χ1) is 13.0. The first-order valence-electron chi connectivity index (χ1n) is 8.29. The summed E-state index contributed by atoms with van der Waals surface area (Å²) in [5.74, 6) is -1.63. The van der Waals surface area contributed by atoms with Gasteiger partial charge in [-0.25, -0.2) is 13.9 Å². The Labute approximate surface area is 155 Å². The molecule has 0 aliphatic rings. The van der Waals surface area contributed by atoms with Crippen molar-refractivity contribution in [3.8, 4) is 5.69 Å². The second kappa shape index (κ2) is 7.82. The van der Waals surface area contributed by atoms with E-state index in [0.29, 0.717) is 16.9 Å². The van der Waals surface area contributed by atoms with E-state index < -0.39 is 24.3 Å². The third-order valence-corrected chi connectivity index (χ3v) is 4.02. The summed E-state index contributed by atoms with van der Waals surface area (Å²) in [5, 5.41) is 6.68. The zero-order valence-corrected chi connectivity index (χ0v) is 14.9. The van der Waals surface area contributed by atoms with Gasteiger partial charge in [-0.05, 0) is 43.7 Å². The molecule has 3 rings (SSSR count). The number of nitrogens with one attached hydrogen (secondary N) is 1. The maximum absolute atomic E-state index is 13.5. The van der Waals surface area contributed by atoms with E-state index in [1.54, 1.807) is 30.7 Å². The maximum Gasteiger partial charge on any atom is 0.342 e. The van der Waals surface area contributed by atoms with Crippen LogP contribution in [0.2, 0.25) is 0 Å². The van der Waals surface area contributed by atoms with Gasteiger partial charge in [0.2, 0.25) is 0 Å². The Hall–Kier alpha value is -3.48. The van der Waals surface area contributed by atoms with Gasteiger partial charge in [-0.1, -0.05) is 24.3 Å². The number of rotatable bonds is 5. The summed E-state index contributed by atoms with van der Waals surface area (Å²) >= 11 is 0. The number of aromatic nitrogens is 2. The molecule has 6 nitrogen and oxygen atoms in total. The molecule has 0 bridgehead atoms. The molecule has 0 atom stereocenters. The molecule has 138 valence electrons. The number of halogens is 1. The molecule has 0 aliphatic carbocycles. The molecule has 0 spiro atoms. The lowest BCUT2D eigenvalue weighted by Gasteiger charge is -2.08. The summed E-state index contributed by atoms with van der Waals surface area (Å²) in [6, 6.07) is 13.7. The van der Waals surface area contributed by atoms with E-state index in [1.165, 1.54) is 12.3 Å². The number of hydrogen-bond donors (Lipinski definition) is 1. The average molecular weight is 367 g/mol. The topological polar surface area (TPSA) is 73.2 Å². The Morgan fingerprint density at radius 2 is 1.89 bits per heavy atom. The number of para-hydroxylation sites is 1. The lowest BCUT2D eigenvalue weighted by atomic mass is 10.2. The molecule has 0 saturated carbocycles. The van der Waals surface area contributed by atoms with Gasteiger partial charge in [0.05, 0.1) is 17.6 Å². The minimum atomic E-state index is -0.653. The van der Waals surface area contributed by atoms with Crippen LogP contribution < -0.4 is 5.32 Å². The van der Waals surface area contributed by atoms with Gasteiger partial charge in [-0.2, -0.15) is 5.10 Å². The molecule has 2 aromatic carbocycles. The summed E-state index contributed by atoms with van der Waals surface area (Å²) in [7, 11) is 0. The molecule has 0 fully saturated rings. The molecule has 0 radical (unpaired) electrons. The van der Waals surface area contributed by atoms with E-state index >= 15 is 0 Å². The van der Waals surface area contributed by atoms with Gasteiger partial charge in [0.15, 0.2) is 6.61 Å². The number of ether oxygens (including phenoxy) is 1. The standard InChI is InChI=1S/C20H18FN3O3/c1-13-8-9-15(10-18(13)21)23-19(25)12-27-20(26)17-11-22-24(14(17)2)16-6-4-3-5-7-16/h3-11H,12H2,1-2H3,(H,23,25). The van der Waals surface area contributed by atoms with Crippen LogP contribution in [0.4, 0.5) is 10.1 Å². The van der Waals surface area contributed by atoms with E-state index in [4.69, 9.17) is 4.74 Å². The number of carbonyl (C=O) groups is 2. The molecular formula is C20H18FN3O3. The van der Waals surface area contributed by atoms with Crippen LogP contribution in [0.1, 0.15) is 21.6 Å². The van der Waals surface area contributed by atoms with Crippen LogP contribution in [0, 0.1) is 19.7 Å². The van der Waals surface area contributed by atoms with Crippen LogP contribution >= 0.6 is 0 Å². The fourth-order valence-corrected chi connectivity index (χ4v) is 2.52. The van der Waals surface area contributed by atoms with Gasteiger partial charge in [0.1, 0.15) is 11.4 Å². The first-order valence-corrected chi connectivity index (χ1v) is 8.29. The first kappa shape index (κ1) is 18.3. The quantitative estimate of drug-likeness (QED) is 0.701. The zero-order valence-electron chi connectivity index (χ0n) is 14.9. The highest BCUT2D eigenvalue weighted by Crippen LogP contribution is 2.15. The highest BCUT2D eigenvalue weighted by molar-refractivity contribution is 5.95. The summed E-state index contributed by atoms with van der Waals surface area (Å²) in [6.07, 6.45) is 1.40. The van der Waals surface area contributed by atoms with Gasteiger partial charge < -0.3 is 10.1 Å². The van der Waals surface area contributed by atoms with Gasteiger partial charge >= 0.3 is 5.97 Å². The number of hydrogen-bond acceptors (Lipinski definition) is 4. The zero-order chi connectivity index (χ0) is 19.4. The molecule has 1 N–H and O–H groups in total. The van der Waals surface area contributed by atoms with Crippen LogP contribution in [-0.2, 0) is 9.53 Å². The van der Waals surface area contributed by atoms with Crippen LogP contribution in [0.5, 0.6) is 0 Å². The van der Waals surface area contributed by atoms with Crippen molar-refractivity contribution in [3.05, 3.63) is 77.4 Å². The van der Waals surface area contributed by atoms with Crippen LogP contribution in [0.15, 0.2) is 54.7 Å². The number of carbonyl (C=O) groups excluding carboxylic acids is 2. The van der Waals surface area contributed by atoms with Crippen molar-refractivity contribution in [2.75, 3.05) is 11.9 Å². The number of aryl methyl sites for hydroxylation is 1. The minimum Gasteiger partial charge on any atom is -0.452 e. The van der Waals surface area contributed by atoms with Gasteiger partial charge in [0, 0.05) is 5.69 Å². The SMILES string of the molecule is Cc1ccc(NC(=O)COC(=O)c2cnn(-c3ccccc3)c2C)cc1F. The van der Waals surface area contributed by atoms with E-state index in [0.717, 1.165) is 5.69 Å². The molecule has 1 amide bonds. The fourth-order valence-electron chi connectivity index (χ4n) is 2.52. The molecule has 3 aromatic rings. The normalized spacial score (nSPS) is 10.5. The predicted octanol–water partition coefficient (Wildman–Crippen LogP) is 3.42. The van der Waals surface area contributed by atoms with Crippen molar-refractivity contribution >= 4 is 17.6 Å². The summed E-state index contributed by atoms with van der Waals surface area (Å²) in [4.78, 5) is 24.2. The van der Waals surface area contributed by atoms with Crippen molar-refractivity contribution in [2.45, 2.75) is 13.8 Å². The second-order valence-electron chi connectivity index (χ2n) is 5.98. The third kappa shape index (κ3) is 4.20. The summed E-state index contributed by atoms with van der Waals surface area (Å²) in [5.41, 5.74) is 2.46. The average Bonchev–Trinajstić information content (AvgIpc) is 3.05. The van der Waals surface area contributed by atoms with Gasteiger partial charge in [0.25, 0.3) is 5.91 Å². The van der Waals surface area contributed by atoms with Crippen molar-refractivity contribution in [1.82, 2.24) is 9.78 Å².